The minimum absolute atomic E-state index is 0.105. The van der Waals surface area contributed by atoms with Crippen molar-refractivity contribution in [2.24, 2.45) is 0 Å². The van der Waals surface area contributed by atoms with Gasteiger partial charge in [-0.2, -0.15) is 0 Å². The Bertz CT molecular complexity index is 1960. The first-order chi connectivity index (χ1) is 22.4. The molecule has 0 aliphatic carbocycles. The second-order valence-electron chi connectivity index (χ2n) is 12.3. The van der Waals surface area contributed by atoms with Crippen LogP contribution < -0.4 is 0 Å². The van der Waals surface area contributed by atoms with Crippen molar-refractivity contribution in [1.82, 2.24) is 24.9 Å². The number of pyridine rings is 3. The topological polar surface area (TPSA) is 64.5 Å². The molecule has 0 radical (unpaired) electrons. The molecule has 0 atom stereocenters. The second-order valence-corrected chi connectivity index (χ2v) is 12.3. The molecule has 0 aliphatic heterocycles. The molecule has 4 heterocycles. The molecule has 5 heteroatoms. The lowest BCUT2D eigenvalue weighted by Gasteiger charge is -2.19. The van der Waals surface area contributed by atoms with Crippen molar-refractivity contribution < 1.29 is 0 Å². The van der Waals surface area contributed by atoms with Gasteiger partial charge in [-0.1, -0.05) is 124 Å². The number of hydrogen-bond acceptors (Lipinski definition) is 5. The summed E-state index contributed by atoms with van der Waals surface area (Å²) in [5, 5.41) is 0. The number of rotatable bonds is 6. The smallest absolute Gasteiger partial charge is 0.179 e. The quantitative estimate of drug-likeness (QED) is 0.191. The van der Waals surface area contributed by atoms with Gasteiger partial charge in [0.15, 0.2) is 5.82 Å². The summed E-state index contributed by atoms with van der Waals surface area (Å²) in [5.41, 5.74) is 11.5. The van der Waals surface area contributed by atoms with Crippen molar-refractivity contribution >= 4 is 0 Å². The summed E-state index contributed by atoms with van der Waals surface area (Å²) >= 11 is 0. The van der Waals surface area contributed by atoms with Gasteiger partial charge in [-0.15, -0.1) is 0 Å². The number of aromatic nitrogens is 5. The Morgan fingerprint density at radius 1 is 0.370 bits per heavy atom. The Morgan fingerprint density at radius 3 is 1.15 bits per heavy atom. The molecule has 0 amide bonds. The average molecular weight is 596 g/mol. The minimum atomic E-state index is 0.105. The summed E-state index contributed by atoms with van der Waals surface area (Å²) in [6.45, 7) is 6.67. The summed E-state index contributed by atoms with van der Waals surface area (Å²) < 4.78 is 0. The maximum absolute atomic E-state index is 4.94. The van der Waals surface area contributed by atoms with E-state index in [0.29, 0.717) is 22.9 Å². The van der Waals surface area contributed by atoms with Gasteiger partial charge in [0.2, 0.25) is 0 Å². The first-order valence-corrected chi connectivity index (χ1v) is 15.4. The molecule has 4 aromatic heterocycles. The van der Waals surface area contributed by atoms with Crippen LogP contribution in [0.15, 0.2) is 146 Å². The average Bonchev–Trinajstić information content (AvgIpc) is 3.12. The third-order valence-corrected chi connectivity index (χ3v) is 8.07. The molecular weight excluding hydrogens is 562 g/mol. The molecular formula is C41H33N5. The van der Waals surface area contributed by atoms with Gasteiger partial charge < -0.3 is 0 Å². The fourth-order valence-corrected chi connectivity index (χ4v) is 5.38. The lowest BCUT2D eigenvalue weighted by Crippen LogP contribution is -2.10. The first-order valence-electron chi connectivity index (χ1n) is 15.4. The minimum Gasteiger partial charge on any atom is -0.254 e. The lowest BCUT2D eigenvalue weighted by atomic mass is 9.86. The van der Waals surface area contributed by atoms with Gasteiger partial charge in [0.05, 0.1) is 22.8 Å². The third-order valence-electron chi connectivity index (χ3n) is 8.07. The number of hydrogen-bond donors (Lipinski definition) is 0. The van der Waals surface area contributed by atoms with Gasteiger partial charge in [-0.25, -0.2) is 9.97 Å². The van der Waals surface area contributed by atoms with Gasteiger partial charge in [0.25, 0.3) is 0 Å². The highest BCUT2D eigenvalue weighted by atomic mass is 14.9. The molecule has 7 rings (SSSR count). The third kappa shape index (κ3) is 6.21. The summed E-state index contributed by atoms with van der Waals surface area (Å²) in [4.78, 5) is 24.3. The van der Waals surface area contributed by atoms with Crippen LogP contribution >= 0.6 is 0 Å². The molecule has 5 nitrogen and oxygen atoms in total. The van der Waals surface area contributed by atoms with Gasteiger partial charge in [-0.05, 0) is 51.9 Å². The molecule has 0 spiro atoms. The Labute approximate surface area is 269 Å². The van der Waals surface area contributed by atoms with E-state index in [1.54, 1.807) is 0 Å². The zero-order valence-corrected chi connectivity index (χ0v) is 26.1. The number of benzene rings is 3. The van der Waals surface area contributed by atoms with Crippen LogP contribution in [0, 0.1) is 0 Å². The fraction of sp³-hybridized carbons (Fsp3) is 0.0976. The van der Waals surface area contributed by atoms with E-state index in [9.17, 15) is 0 Å². The molecule has 0 unspecified atom stereocenters. The summed E-state index contributed by atoms with van der Waals surface area (Å²) in [6, 6.07) is 43.3. The standard InChI is InChI=1S/C41H33N5/c1-41(2,3)34-19-14-30(15-20-34)33-18-23-37(44-27-33)40-45-38(35-21-16-31(25-42-35)28-10-6-4-7-11-28)24-39(46-40)36-22-17-32(26-43-36)29-12-8-5-9-13-29/h4-27H,1-3H3. The highest BCUT2D eigenvalue weighted by molar-refractivity contribution is 5.72. The Hall–Kier alpha value is -5.81. The second kappa shape index (κ2) is 12.3. The molecule has 7 aromatic rings. The first kappa shape index (κ1) is 28.9. The predicted octanol–water partition coefficient (Wildman–Crippen LogP) is 9.96. The molecule has 0 N–H and O–H groups in total. The molecule has 0 bridgehead atoms. The Balaban J connectivity index is 1.26. The van der Waals surface area contributed by atoms with Crippen LogP contribution in [0.4, 0.5) is 0 Å². The molecule has 0 fully saturated rings. The van der Waals surface area contributed by atoms with Crippen LogP contribution in [0.25, 0.3) is 67.7 Å². The largest absolute Gasteiger partial charge is 0.254 e. The van der Waals surface area contributed by atoms with E-state index in [-0.39, 0.29) is 5.41 Å². The summed E-state index contributed by atoms with van der Waals surface area (Å²) in [5.74, 6) is 0.519. The van der Waals surface area contributed by atoms with Crippen molar-refractivity contribution in [3.8, 4) is 67.7 Å². The van der Waals surface area contributed by atoms with Gasteiger partial charge in [0.1, 0.15) is 5.69 Å². The van der Waals surface area contributed by atoms with Crippen molar-refractivity contribution in [3.63, 3.8) is 0 Å². The van der Waals surface area contributed by atoms with Crippen molar-refractivity contribution in [2.75, 3.05) is 0 Å². The van der Waals surface area contributed by atoms with Crippen molar-refractivity contribution in [1.29, 1.82) is 0 Å². The van der Waals surface area contributed by atoms with E-state index in [0.717, 1.165) is 44.8 Å². The normalized spacial score (nSPS) is 11.4. The van der Waals surface area contributed by atoms with Crippen LogP contribution in [-0.2, 0) is 5.41 Å². The Kier molecular flexibility index (Phi) is 7.73. The molecule has 46 heavy (non-hydrogen) atoms. The Morgan fingerprint density at radius 2 is 0.761 bits per heavy atom. The number of nitrogens with zero attached hydrogens (tertiary/aromatic N) is 5. The van der Waals surface area contributed by atoms with E-state index in [1.165, 1.54) is 5.56 Å². The van der Waals surface area contributed by atoms with E-state index in [1.807, 2.05) is 79.3 Å². The van der Waals surface area contributed by atoms with Gasteiger partial charge >= 0.3 is 0 Å². The lowest BCUT2D eigenvalue weighted by molar-refractivity contribution is 0.590. The summed E-state index contributed by atoms with van der Waals surface area (Å²) in [7, 11) is 0. The van der Waals surface area contributed by atoms with E-state index >= 15 is 0 Å². The SMILES string of the molecule is CC(C)(C)c1ccc(-c2ccc(-c3nc(-c4ccc(-c5ccccc5)cn4)cc(-c4ccc(-c5ccccc5)cn4)n3)nc2)cc1. The van der Waals surface area contributed by atoms with E-state index in [4.69, 9.17) is 24.9 Å². The highest BCUT2D eigenvalue weighted by Gasteiger charge is 2.15. The molecule has 222 valence electrons. The van der Waals surface area contributed by atoms with Crippen LogP contribution in [0.3, 0.4) is 0 Å². The highest BCUT2D eigenvalue weighted by Crippen LogP contribution is 2.30. The maximum atomic E-state index is 4.94. The van der Waals surface area contributed by atoms with Crippen molar-refractivity contribution in [2.45, 2.75) is 26.2 Å². The predicted molar refractivity (Wildman–Crippen MR) is 187 cm³/mol. The maximum Gasteiger partial charge on any atom is 0.179 e. The van der Waals surface area contributed by atoms with E-state index < -0.39 is 0 Å². The molecule has 0 saturated carbocycles. The fourth-order valence-electron chi connectivity index (χ4n) is 5.38. The zero-order valence-electron chi connectivity index (χ0n) is 26.1. The monoisotopic (exact) mass is 595 g/mol. The van der Waals surface area contributed by atoms with Gasteiger partial charge in [0, 0.05) is 35.3 Å². The van der Waals surface area contributed by atoms with Crippen LogP contribution in [0.1, 0.15) is 26.3 Å². The molecule has 3 aromatic carbocycles. The molecule has 0 aliphatic rings. The van der Waals surface area contributed by atoms with Gasteiger partial charge in [-0.3, -0.25) is 15.0 Å². The zero-order chi connectivity index (χ0) is 31.5. The van der Waals surface area contributed by atoms with Crippen LogP contribution in [0.5, 0.6) is 0 Å². The van der Waals surface area contributed by atoms with Crippen molar-refractivity contribution in [3.05, 3.63) is 152 Å². The molecule has 0 saturated heterocycles. The van der Waals surface area contributed by atoms with Crippen LogP contribution in [-0.4, -0.2) is 24.9 Å². The summed E-state index contributed by atoms with van der Waals surface area (Å²) in [6.07, 6.45) is 5.66. The van der Waals surface area contributed by atoms with Crippen LogP contribution in [0.2, 0.25) is 0 Å². The van der Waals surface area contributed by atoms with E-state index in [2.05, 4.69) is 87.5 Å².